The average Bonchev–Trinajstić information content (AvgIpc) is 3.00. The van der Waals surface area contributed by atoms with E-state index < -0.39 is 11.2 Å². The molecule has 2 aliphatic rings. The van der Waals surface area contributed by atoms with Crippen molar-refractivity contribution in [1.82, 2.24) is 15.1 Å². The van der Waals surface area contributed by atoms with Crippen LogP contribution in [-0.4, -0.2) is 47.8 Å². The standard InChI is InChI=1S/C15H23F3N4S/c1-11-4-7-21(8-5-11)9-12-3-2-6-22(10-12)14-20-19-13(23-14)15(16,17)18/h11-12H,2-10H2,1H3. The maximum absolute atomic E-state index is 12.7. The van der Waals surface area contributed by atoms with Crippen molar-refractivity contribution in [3.63, 3.8) is 0 Å². The lowest BCUT2D eigenvalue weighted by Gasteiger charge is -2.37. The van der Waals surface area contributed by atoms with E-state index >= 15 is 0 Å². The highest BCUT2D eigenvalue weighted by Crippen LogP contribution is 2.35. The summed E-state index contributed by atoms with van der Waals surface area (Å²) in [6.45, 7) is 7.21. The molecule has 0 amide bonds. The van der Waals surface area contributed by atoms with Crippen molar-refractivity contribution in [1.29, 1.82) is 0 Å². The van der Waals surface area contributed by atoms with E-state index in [-0.39, 0.29) is 0 Å². The largest absolute Gasteiger partial charge is 0.445 e. The van der Waals surface area contributed by atoms with Gasteiger partial charge in [0.05, 0.1) is 0 Å². The summed E-state index contributed by atoms with van der Waals surface area (Å²) in [5.41, 5.74) is 0. The van der Waals surface area contributed by atoms with Gasteiger partial charge in [-0.1, -0.05) is 18.3 Å². The number of piperidine rings is 2. The van der Waals surface area contributed by atoms with Gasteiger partial charge in [-0.2, -0.15) is 13.2 Å². The Hall–Kier alpha value is -0.890. The molecule has 1 aromatic heterocycles. The number of rotatable bonds is 3. The zero-order chi connectivity index (χ0) is 16.4. The van der Waals surface area contributed by atoms with Gasteiger partial charge in [0.2, 0.25) is 10.1 Å². The second kappa shape index (κ2) is 6.93. The maximum Gasteiger partial charge on any atom is 0.445 e. The molecule has 1 unspecified atom stereocenters. The van der Waals surface area contributed by atoms with Crippen molar-refractivity contribution >= 4 is 16.5 Å². The third-order valence-electron chi connectivity index (χ3n) is 4.84. The van der Waals surface area contributed by atoms with E-state index in [0.717, 1.165) is 51.5 Å². The number of likely N-dealkylation sites (tertiary alicyclic amines) is 1. The van der Waals surface area contributed by atoms with Crippen LogP contribution in [0.1, 0.15) is 37.6 Å². The van der Waals surface area contributed by atoms with Crippen LogP contribution >= 0.6 is 11.3 Å². The van der Waals surface area contributed by atoms with Gasteiger partial charge in [0.15, 0.2) is 0 Å². The molecule has 1 aromatic rings. The van der Waals surface area contributed by atoms with Crippen LogP contribution in [0.5, 0.6) is 0 Å². The Bertz CT molecular complexity index is 511. The third kappa shape index (κ3) is 4.35. The molecular weight excluding hydrogens is 325 g/mol. The summed E-state index contributed by atoms with van der Waals surface area (Å²) in [4.78, 5) is 4.49. The van der Waals surface area contributed by atoms with E-state index in [2.05, 4.69) is 22.0 Å². The first-order valence-corrected chi connectivity index (χ1v) is 9.11. The first-order chi connectivity index (χ1) is 10.9. The average molecular weight is 348 g/mol. The Labute approximate surface area is 138 Å². The molecule has 23 heavy (non-hydrogen) atoms. The van der Waals surface area contributed by atoms with E-state index in [1.54, 1.807) is 0 Å². The molecule has 0 aliphatic carbocycles. The van der Waals surface area contributed by atoms with Crippen LogP contribution < -0.4 is 4.90 Å². The van der Waals surface area contributed by atoms with Crippen LogP contribution in [-0.2, 0) is 6.18 Å². The second-order valence-corrected chi connectivity index (χ2v) is 7.78. The summed E-state index contributed by atoms with van der Waals surface area (Å²) in [5.74, 6) is 1.33. The number of hydrogen-bond donors (Lipinski definition) is 0. The van der Waals surface area contributed by atoms with Gasteiger partial charge >= 0.3 is 6.18 Å². The minimum absolute atomic E-state index is 0.411. The van der Waals surface area contributed by atoms with Crippen molar-refractivity contribution < 1.29 is 13.2 Å². The van der Waals surface area contributed by atoms with Gasteiger partial charge in [-0.15, -0.1) is 10.2 Å². The van der Waals surface area contributed by atoms with Crippen molar-refractivity contribution in [3.05, 3.63) is 5.01 Å². The van der Waals surface area contributed by atoms with Crippen LogP contribution in [0, 0.1) is 11.8 Å². The molecule has 0 N–H and O–H groups in total. The Balaban J connectivity index is 1.56. The number of halogens is 3. The number of aromatic nitrogens is 2. The lowest BCUT2D eigenvalue weighted by Crippen LogP contribution is -2.43. The molecule has 0 spiro atoms. The lowest BCUT2D eigenvalue weighted by atomic mass is 9.94. The van der Waals surface area contributed by atoms with E-state index in [1.165, 1.54) is 12.8 Å². The van der Waals surface area contributed by atoms with Crippen LogP contribution in [0.4, 0.5) is 18.3 Å². The minimum Gasteiger partial charge on any atom is -0.346 e. The molecule has 8 heteroatoms. The fourth-order valence-electron chi connectivity index (χ4n) is 3.46. The molecule has 1 atom stereocenters. The molecule has 2 aliphatic heterocycles. The van der Waals surface area contributed by atoms with Gasteiger partial charge in [-0.25, -0.2) is 0 Å². The summed E-state index contributed by atoms with van der Waals surface area (Å²) in [7, 11) is 0. The molecule has 0 saturated carbocycles. The molecular formula is C15H23F3N4S. The number of hydrogen-bond acceptors (Lipinski definition) is 5. The Morgan fingerprint density at radius 3 is 2.52 bits per heavy atom. The number of anilines is 1. The summed E-state index contributed by atoms with van der Waals surface area (Å²) in [5, 5.41) is 6.63. The monoisotopic (exact) mass is 348 g/mol. The molecule has 130 valence electrons. The van der Waals surface area contributed by atoms with Crippen molar-refractivity contribution in [2.45, 2.75) is 38.8 Å². The molecule has 3 heterocycles. The van der Waals surface area contributed by atoms with Gasteiger partial charge in [0.25, 0.3) is 0 Å². The molecule has 0 bridgehead atoms. The highest BCUT2D eigenvalue weighted by atomic mass is 32.1. The molecule has 2 fully saturated rings. The quantitative estimate of drug-likeness (QED) is 0.837. The van der Waals surface area contributed by atoms with Crippen molar-refractivity contribution in [2.24, 2.45) is 11.8 Å². The second-order valence-electron chi connectivity index (χ2n) is 6.82. The van der Waals surface area contributed by atoms with Crippen molar-refractivity contribution in [3.8, 4) is 0 Å². The highest BCUT2D eigenvalue weighted by Gasteiger charge is 2.36. The SMILES string of the molecule is CC1CCN(CC2CCCN(c3nnc(C(F)(F)F)s3)C2)CC1. The van der Waals surface area contributed by atoms with Crippen molar-refractivity contribution in [2.75, 3.05) is 37.6 Å². The molecule has 0 aromatic carbocycles. The first-order valence-electron chi connectivity index (χ1n) is 8.30. The summed E-state index contributed by atoms with van der Waals surface area (Å²) < 4.78 is 38.0. The Morgan fingerprint density at radius 1 is 1.13 bits per heavy atom. The van der Waals surface area contributed by atoms with Gasteiger partial charge in [0, 0.05) is 19.6 Å². The predicted octanol–water partition coefficient (Wildman–Crippen LogP) is 3.51. The number of alkyl halides is 3. The fraction of sp³-hybridized carbons (Fsp3) is 0.867. The summed E-state index contributed by atoms with van der Waals surface area (Å²) >= 11 is 0.660. The normalized spacial score (nSPS) is 25.0. The van der Waals surface area contributed by atoms with Crippen LogP contribution in [0.2, 0.25) is 0 Å². The Morgan fingerprint density at radius 2 is 1.87 bits per heavy atom. The highest BCUT2D eigenvalue weighted by molar-refractivity contribution is 7.15. The van der Waals surface area contributed by atoms with Gasteiger partial charge < -0.3 is 9.80 Å². The van der Waals surface area contributed by atoms with E-state index in [0.29, 0.717) is 22.4 Å². The minimum atomic E-state index is -4.39. The lowest BCUT2D eigenvalue weighted by molar-refractivity contribution is -0.138. The summed E-state index contributed by atoms with van der Waals surface area (Å²) in [6.07, 6.45) is 0.266. The fourth-order valence-corrected chi connectivity index (χ4v) is 4.20. The smallest absolute Gasteiger partial charge is 0.346 e. The topological polar surface area (TPSA) is 32.3 Å². The molecule has 2 saturated heterocycles. The van der Waals surface area contributed by atoms with Gasteiger partial charge in [-0.3, -0.25) is 0 Å². The zero-order valence-electron chi connectivity index (χ0n) is 13.3. The zero-order valence-corrected chi connectivity index (χ0v) is 14.2. The number of nitrogens with zero attached hydrogens (tertiary/aromatic N) is 4. The molecule has 3 rings (SSSR count). The predicted molar refractivity (Wildman–Crippen MR) is 84.7 cm³/mol. The van der Waals surface area contributed by atoms with E-state index in [9.17, 15) is 13.2 Å². The van der Waals surface area contributed by atoms with Gasteiger partial charge in [0.1, 0.15) is 0 Å². The van der Waals surface area contributed by atoms with Crippen LogP contribution in [0.3, 0.4) is 0 Å². The summed E-state index contributed by atoms with van der Waals surface area (Å²) in [6, 6.07) is 0. The third-order valence-corrected chi connectivity index (χ3v) is 5.87. The molecule has 0 radical (unpaired) electrons. The Kier molecular flexibility index (Phi) is 5.10. The van der Waals surface area contributed by atoms with Gasteiger partial charge in [-0.05, 0) is 50.6 Å². The van der Waals surface area contributed by atoms with E-state index in [1.807, 2.05) is 4.90 Å². The van der Waals surface area contributed by atoms with E-state index in [4.69, 9.17) is 0 Å². The maximum atomic E-state index is 12.7. The van der Waals surface area contributed by atoms with Crippen LogP contribution in [0.15, 0.2) is 0 Å². The molecule has 4 nitrogen and oxygen atoms in total. The van der Waals surface area contributed by atoms with Crippen LogP contribution in [0.25, 0.3) is 0 Å². The first kappa shape index (κ1) is 17.0.